The number of hydrogen-bond donors (Lipinski definition) is 1. The lowest BCUT2D eigenvalue weighted by Gasteiger charge is -1.93. The van der Waals surface area contributed by atoms with E-state index in [0.29, 0.717) is 16.5 Å². The molecule has 4 heteroatoms. The molecule has 0 spiro atoms. The van der Waals surface area contributed by atoms with Crippen molar-refractivity contribution in [2.75, 3.05) is 0 Å². The van der Waals surface area contributed by atoms with Crippen LogP contribution in [0.15, 0.2) is 12.1 Å². The molecular formula is C11H8Cl2N2. The smallest absolute Gasteiger partial charge is 0.108 e. The molecule has 2 aromatic rings. The lowest BCUT2D eigenvalue weighted by atomic mass is 10.3. The van der Waals surface area contributed by atoms with E-state index in [1.807, 2.05) is 0 Å². The van der Waals surface area contributed by atoms with Gasteiger partial charge >= 0.3 is 0 Å². The largest absolute Gasteiger partial charge is 0.342 e. The van der Waals surface area contributed by atoms with Gasteiger partial charge in [0.05, 0.1) is 21.1 Å². The van der Waals surface area contributed by atoms with E-state index >= 15 is 0 Å². The molecule has 2 rings (SSSR count). The molecule has 0 atom stereocenters. The highest BCUT2D eigenvalue weighted by molar-refractivity contribution is 6.42. The number of nitrogens with zero attached hydrogens (tertiary/aromatic N) is 1. The van der Waals surface area contributed by atoms with Gasteiger partial charge in [0, 0.05) is 12.8 Å². The van der Waals surface area contributed by atoms with Crippen LogP contribution < -0.4 is 0 Å². The quantitative estimate of drug-likeness (QED) is 0.799. The Morgan fingerprint density at radius 2 is 2.07 bits per heavy atom. The summed E-state index contributed by atoms with van der Waals surface area (Å²) in [6.45, 7) is 0. The maximum atomic E-state index is 5.89. The van der Waals surface area contributed by atoms with Crippen LogP contribution >= 0.6 is 23.2 Å². The van der Waals surface area contributed by atoms with E-state index in [0.717, 1.165) is 23.3 Å². The van der Waals surface area contributed by atoms with Crippen molar-refractivity contribution in [1.29, 1.82) is 0 Å². The summed E-state index contributed by atoms with van der Waals surface area (Å²) in [4.78, 5) is 7.51. The predicted octanol–water partition coefficient (Wildman–Crippen LogP) is 3.44. The number of halogens is 2. The van der Waals surface area contributed by atoms with E-state index in [-0.39, 0.29) is 0 Å². The first-order valence-electron chi connectivity index (χ1n) is 4.48. The summed E-state index contributed by atoms with van der Waals surface area (Å²) in [5.41, 5.74) is 1.70. The summed E-state index contributed by atoms with van der Waals surface area (Å²) in [6, 6.07) is 3.51. The van der Waals surface area contributed by atoms with Crippen LogP contribution in [0.5, 0.6) is 0 Å². The molecule has 1 aromatic carbocycles. The van der Waals surface area contributed by atoms with Crippen molar-refractivity contribution < 1.29 is 0 Å². The SMILES string of the molecule is C#CCCc1nc2cc(Cl)c(Cl)cc2[nH]1. The second-order valence-electron chi connectivity index (χ2n) is 3.17. The normalized spacial score (nSPS) is 10.5. The number of nitrogens with one attached hydrogen (secondary N) is 1. The number of rotatable bonds is 2. The average molecular weight is 239 g/mol. The number of terminal acetylenes is 1. The van der Waals surface area contributed by atoms with E-state index in [2.05, 4.69) is 15.9 Å². The first-order chi connectivity index (χ1) is 7.20. The first kappa shape index (κ1) is 10.4. The number of H-pyrrole nitrogens is 1. The van der Waals surface area contributed by atoms with Crippen LogP contribution in [0.1, 0.15) is 12.2 Å². The molecule has 1 aromatic heterocycles. The number of benzene rings is 1. The van der Waals surface area contributed by atoms with Crippen molar-refractivity contribution in [3.63, 3.8) is 0 Å². The van der Waals surface area contributed by atoms with E-state index in [4.69, 9.17) is 29.6 Å². The molecule has 76 valence electrons. The number of fused-ring (bicyclic) bond motifs is 1. The number of aryl methyl sites for hydroxylation is 1. The molecule has 2 nitrogen and oxygen atoms in total. The minimum Gasteiger partial charge on any atom is -0.342 e. The molecule has 15 heavy (non-hydrogen) atoms. The molecule has 0 bridgehead atoms. The third-order valence-electron chi connectivity index (χ3n) is 2.08. The van der Waals surface area contributed by atoms with Crippen molar-refractivity contribution in [3.8, 4) is 12.3 Å². The van der Waals surface area contributed by atoms with Crippen molar-refractivity contribution in [3.05, 3.63) is 28.0 Å². The molecule has 1 heterocycles. The van der Waals surface area contributed by atoms with Gasteiger partial charge in [0.2, 0.25) is 0 Å². The predicted molar refractivity (Wildman–Crippen MR) is 63.3 cm³/mol. The highest BCUT2D eigenvalue weighted by Crippen LogP contribution is 2.26. The Hall–Kier alpha value is -1.17. The van der Waals surface area contributed by atoms with Crippen LogP contribution in [0, 0.1) is 12.3 Å². The van der Waals surface area contributed by atoms with E-state index in [1.165, 1.54) is 0 Å². The number of hydrogen-bond acceptors (Lipinski definition) is 1. The minimum absolute atomic E-state index is 0.513. The molecule has 0 aliphatic heterocycles. The maximum Gasteiger partial charge on any atom is 0.108 e. The van der Waals surface area contributed by atoms with Crippen molar-refractivity contribution in [1.82, 2.24) is 9.97 Å². The van der Waals surface area contributed by atoms with Gasteiger partial charge in [-0.3, -0.25) is 0 Å². The topological polar surface area (TPSA) is 28.7 Å². The molecule has 0 unspecified atom stereocenters. The number of imidazole rings is 1. The van der Waals surface area contributed by atoms with E-state index < -0.39 is 0 Å². The summed E-state index contributed by atoms with van der Waals surface area (Å²) in [5.74, 6) is 3.43. The molecule has 0 saturated carbocycles. The van der Waals surface area contributed by atoms with Crippen LogP contribution in [0.3, 0.4) is 0 Å². The fourth-order valence-corrected chi connectivity index (χ4v) is 1.69. The van der Waals surface area contributed by atoms with Crippen molar-refractivity contribution in [2.24, 2.45) is 0 Å². The molecule has 0 amide bonds. The van der Waals surface area contributed by atoms with Gasteiger partial charge in [0.25, 0.3) is 0 Å². The number of aromatic amines is 1. The van der Waals surface area contributed by atoms with Crippen LogP contribution in [0.4, 0.5) is 0 Å². The van der Waals surface area contributed by atoms with Gasteiger partial charge in [-0.25, -0.2) is 4.98 Å². The molecule has 1 N–H and O–H groups in total. The van der Waals surface area contributed by atoms with Gasteiger partial charge in [-0.1, -0.05) is 23.2 Å². The standard InChI is InChI=1S/C11H8Cl2N2/c1-2-3-4-11-14-9-5-7(12)8(13)6-10(9)15-11/h1,5-6H,3-4H2,(H,14,15). The van der Waals surface area contributed by atoms with Crippen LogP contribution in [0.2, 0.25) is 10.0 Å². The van der Waals surface area contributed by atoms with Gasteiger partial charge in [-0.2, -0.15) is 0 Å². The van der Waals surface area contributed by atoms with E-state index in [1.54, 1.807) is 12.1 Å². The van der Waals surface area contributed by atoms with Crippen molar-refractivity contribution in [2.45, 2.75) is 12.8 Å². The van der Waals surface area contributed by atoms with Crippen LogP contribution in [-0.4, -0.2) is 9.97 Å². The minimum atomic E-state index is 0.513. The zero-order chi connectivity index (χ0) is 10.8. The Bertz CT molecular complexity index is 498. The maximum absolute atomic E-state index is 5.89. The monoisotopic (exact) mass is 238 g/mol. The first-order valence-corrected chi connectivity index (χ1v) is 5.23. The summed E-state index contributed by atoms with van der Waals surface area (Å²) >= 11 is 11.8. The lowest BCUT2D eigenvalue weighted by molar-refractivity contribution is 0.934. The van der Waals surface area contributed by atoms with Gasteiger partial charge in [-0.15, -0.1) is 12.3 Å². The Morgan fingerprint density at radius 3 is 2.80 bits per heavy atom. The molecule has 0 saturated heterocycles. The summed E-state index contributed by atoms with van der Waals surface area (Å²) in [6.07, 6.45) is 6.59. The molecule has 0 aliphatic rings. The third kappa shape index (κ3) is 2.09. The van der Waals surface area contributed by atoms with Crippen molar-refractivity contribution >= 4 is 34.2 Å². The summed E-state index contributed by atoms with van der Waals surface area (Å²) in [5, 5.41) is 1.04. The Morgan fingerprint density at radius 1 is 1.33 bits per heavy atom. The highest BCUT2D eigenvalue weighted by Gasteiger charge is 2.05. The summed E-state index contributed by atoms with van der Waals surface area (Å²) < 4.78 is 0. The zero-order valence-corrected chi connectivity index (χ0v) is 9.36. The molecule has 0 radical (unpaired) electrons. The Balaban J connectivity index is 2.43. The third-order valence-corrected chi connectivity index (χ3v) is 2.80. The zero-order valence-electron chi connectivity index (χ0n) is 7.85. The Labute approximate surface area is 97.6 Å². The molecule has 0 aliphatic carbocycles. The average Bonchev–Trinajstić information content (AvgIpc) is 2.58. The van der Waals surface area contributed by atoms with Gasteiger partial charge in [0.15, 0.2) is 0 Å². The lowest BCUT2D eigenvalue weighted by Crippen LogP contribution is -1.85. The summed E-state index contributed by atoms with van der Waals surface area (Å²) in [7, 11) is 0. The fraction of sp³-hybridized carbons (Fsp3) is 0.182. The molecule has 0 fully saturated rings. The number of aromatic nitrogens is 2. The van der Waals surface area contributed by atoms with Gasteiger partial charge < -0.3 is 4.98 Å². The highest BCUT2D eigenvalue weighted by atomic mass is 35.5. The van der Waals surface area contributed by atoms with E-state index in [9.17, 15) is 0 Å². The van der Waals surface area contributed by atoms with Crippen LogP contribution in [-0.2, 0) is 6.42 Å². The Kier molecular flexibility index (Phi) is 2.86. The molecular weight excluding hydrogens is 231 g/mol. The second kappa shape index (κ2) is 4.14. The van der Waals surface area contributed by atoms with Gasteiger partial charge in [-0.05, 0) is 12.1 Å². The van der Waals surface area contributed by atoms with Crippen LogP contribution in [0.25, 0.3) is 11.0 Å². The second-order valence-corrected chi connectivity index (χ2v) is 3.99. The fourth-order valence-electron chi connectivity index (χ4n) is 1.37. The van der Waals surface area contributed by atoms with Gasteiger partial charge in [0.1, 0.15) is 5.82 Å².